The van der Waals surface area contributed by atoms with Crippen molar-refractivity contribution < 1.29 is 27.8 Å². The number of carbonyl (C=O) groups excluding carboxylic acids is 1. The number of para-hydroxylation sites is 1. The van der Waals surface area contributed by atoms with Crippen LogP contribution in [0.5, 0.6) is 11.5 Å². The van der Waals surface area contributed by atoms with Gasteiger partial charge in [-0.3, -0.25) is 4.79 Å². The zero-order valence-electron chi connectivity index (χ0n) is 10.0. The highest BCUT2D eigenvalue weighted by atomic mass is 19.4. The third-order valence-corrected chi connectivity index (χ3v) is 2.59. The van der Waals surface area contributed by atoms with Crippen LogP contribution in [-0.4, -0.2) is 17.8 Å². The summed E-state index contributed by atoms with van der Waals surface area (Å²) >= 11 is 0. The fraction of sp³-hybridized carbons (Fsp3) is 0.0714. The third-order valence-electron chi connectivity index (χ3n) is 2.59. The van der Waals surface area contributed by atoms with Crippen LogP contribution in [0.2, 0.25) is 0 Å². The standard InChI is InChI=1S/C14H9F3O3/c15-14(16,17)20-11-6-4-9(5-7-11)12-3-1-2-10(8-18)13(12)19/h1-8,19H. The van der Waals surface area contributed by atoms with Crippen molar-refractivity contribution in [1.82, 2.24) is 0 Å². The number of hydrogen-bond donors (Lipinski definition) is 1. The SMILES string of the molecule is O=Cc1cccc(-c2ccc(OC(F)(F)F)cc2)c1O. The highest BCUT2D eigenvalue weighted by Gasteiger charge is 2.30. The second kappa shape index (κ2) is 5.24. The number of phenols is 1. The van der Waals surface area contributed by atoms with Gasteiger partial charge in [0.2, 0.25) is 0 Å². The van der Waals surface area contributed by atoms with Crippen LogP contribution < -0.4 is 4.74 Å². The van der Waals surface area contributed by atoms with Gasteiger partial charge in [-0.25, -0.2) is 0 Å². The maximum absolute atomic E-state index is 12.0. The molecule has 0 heterocycles. The van der Waals surface area contributed by atoms with Gasteiger partial charge >= 0.3 is 6.36 Å². The zero-order chi connectivity index (χ0) is 14.8. The van der Waals surface area contributed by atoms with Crippen LogP contribution in [0.1, 0.15) is 10.4 Å². The van der Waals surface area contributed by atoms with Gasteiger partial charge in [-0.15, -0.1) is 13.2 Å². The lowest BCUT2D eigenvalue weighted by Crippen LogP contribution is -2.16. The highest BCUT2D eigenvalue weighted by Crippen LogP contribution is 2.33. The van der Waals surface area contributed by atoms with Gasteiger partial charge in [0.1, 0.15) is 11.5 Å². The number of benzene rings is 2. The molecule has 1 N–H and O–H groups in total. The molecule has 0 radical (unpaired) electrons. The lowest BCUT2D eigenvalue weighted by Gasteiger charge is -2.10. The Bertz CT molecular complexity index is 619. The summed E-state index contributed by atoms with van der Waals surface area (Å²) < 4.78 is 39.8. The first-order valence-corrected chi connectivity index (χ1v) is 5.54. The minimum absolute atomic E-state index is 0.109. The summed E-state index contributed by atoms with van der Waals surface area (Å²) in [4.78, 5) is 10.7. The van der Waals surface area contributed by atoms with Crippen molar-refractivity contribution in [1.29, 1.82) is 0 Å². The molecule has 20 heavy (non-hydrogen) atoms. The predicted octanol–water partition coefficient (Wildman–Crippen LogP) is 3.77. The van der Waals surface area contributed by atoms with E-state index in [9.17, 15) is 23.1 Å². The minimum Gasteiger partial charge on any atom is -0.507 e. The average Bonchev–Trinajstić information content (AvgIpc) is 2.38. The first kappa shape index (κ1) is 13.9. The second-order valence-corrected chi connectivity index (χ2v) is 3.93. The summed E-state index contributed by atoms with van der Waals surface area (Å²) in [7, 11) is 0. The lowest BCUT2D eigenvalue weighted by atomic mass is 10.0. The van der Waals surface area contributed by atoms with Crippen molar-refractivity contribution in [3.63, 3.8) is 0 Å². The zero-order valence-corrected chi connectivity index (χ0v) is 10.0. The fourth-order valence-corrected chi connectivity index (χ4v) is 1.73. The molecular formula is C14H9F3O3. The lowest BCUT2D eigenvalue weighted by molar-refractivity contribution is -0.274. The van der Waals surface area contributed by atoms with Crippen LogP contribution in [-0.2, 0) is 0 Å². The van der Waals surface area contributed by atoms with Crippen molar-refractivity contribution in [2.45, 2.75) is 6.36 Å². The number of alkyl halides is 3. The van der Waals surface area contributed by atoms with Crippen LogP contribution in [0.4, 0.5) is 13.2 Å². The van der Waals surface area contributed by atoms with Crippen molar-refractivity contribution in [3.8, 4) is 22.6 Å². The van der Waals surface area contributed by atoms with E-state index < -0.39 is 6.36 Å². The molecule has 0 aliphatic carbocycles. The summed E-state index contributed by atoms with van der Waals surface area (Å²) in [6.45, 7) is 0. The van der Waals surface area contributed by atoms with Crippen LogP contribution in [0, 0.1) is 0 Å². The molecule has 0 saturated carbocycles. The maximum atomic E-state index is 12.0. The van der Waals surface area contributed by atoms with Gasteiger partial charge < -0.3 is 9.84 Å². The van der Waals surface area contributed by atoms with Crippen molar-refractivity contribution in [2.75, 3.05) is 0 Å². The van der Waals surface area contributed by atoms with Gasteiger partial charge in [-0.2, -0.15) is 0 Å². The first-order valence-electron chi connectivity index (χ1n) is 5.54. The van der Waals surface area contributed by atoms with Crippen LogP contribution in [0.15, 0.2) is 42.5 Å². The molecule has 0 amide bonds. The molecule has 0 fully saturated rings. The van der Waals surface area contributed by atoms with Gasteiger partial charge in [0.05, 0.1) is 5.56 Å². The van der Waals surface area contributed by atoms with Crippen LogP contribution >= 0.6 is 0 Å². The Kier molecular flexibility index (Phi) is 3.65. The summed E-state index contributed by atoms with van der Waals surface area (Å²) in [5, 5.41) is 9.86. The Hall–Kier alpha value is -2.50. The Morgan fingerprint density at radius 1 is 1.05 bits per heavy atom. The summed E-state index contributed by atoms with van der Waals surface area (Å²) in [5.74, 6) is -0.570. The molecule has 0 aliphatic rings. The van der Waals surface area contributed by atoms with E-state index in [2.05, 4.69) is 4.74 Å². The Morgan fingerprint density at radius 3 is 2.25 bits per heavy atom. The molecule has 0 aromatic heterocycles. The van der Waals surface area contributed by atoms with E-state index in [0.29, 0.717) is 17.4 Å². The van der Waals surface area contributed by atoms with Crippen molar-refractivity contribution in [2.24, 2.45) is 0 Å². The second-order valence-electron chi connectivity index (χ2n) is 3.93. The summed E-state index contributed by atoms with van der Waals surface area (Å²) in [5.41, 5.74) is 0.937. The Morgan fingerprint density at radius 2 is 1.70 bits per heavy atom. The molecule has 0 atom stereocenters. The number of ether oxygens (including phenoxy) is 1. The van der Waals surface area contributed by atoms with Crippen LogP contribution in [0.3, 0.4) is 0 Å². The quantitative estimate of drug-likeness (QED) is 0.872. The molecule has 6 heteroatoms. The molecule has 0 bridgehead atoms. The summed E-state index contributed by atoms with van der Waals surface area (Å²) in [6, 6.07) is 9.56. The molecule has 0 saturated heterocycles. The van der Waals surface area contributed by atoms with E-state index in [4.69, 9.17) is 0 Å². The van der Waals surface area contributed by atoms with E-state index >= 15 is 0 Å². The Balaban J connectivity index is 2.33. The Labute approximate surface area is 112 Å². The van der Waals surface area contributed by atoms with Crippen molar-refractivity contribution >= 4 is 6.29 Å². The topological polar surface area (TPSA) is 46.5 Å². The van der Waals surface area contributed by atoms with E-state index in [1.165, 1.54) is 18.2 Å². The van der Waals surface area contributed by atoms with E-state index in [1.807, 2.05) is 0 Å². The van der Waals surface area contributed by atoms with E-state index in [0.717, 1.165) is 12.1 Å². The molecule has 0 aliphatic heterocycles. The fourth-order valence-electron chi connectivity index (χ4n) is 1.73. The minimum atomic E-state index is -4.75. The highest BCUT2D eigenvalue weighted by molar-refractivity contribution is 5.85. The largest absolute Gasteiger partial charge is 0.573 e. The normalized spacial score (nSPS) is 11.2. The maximum Gasteiger partial charge on any atom is 0.573 e. The number of phenolic OH excluding ortho intramolecular Hbond substituents is 1. The van der Waals surface area contributed by atoms with E-state index in [1.54, 1.807) is 12.1 Å². The molecule has 2 aromatic carbocycles. The average molecular weight is 282 g/mol. The van der Waals surface area contributed by atoms with Crippen LogP contribution in [0.25, 0.3) is 11.1 Å². The monoisotopic (exact) mass is 282 g/mol. The molecule has 3 nitrogen and oxygen atoms in total. The molecule has 2 aromatic rings. The molecular weight excluding hydrogens is 273 g/mol. The predicted molar refractivity (Wildman–Crippen MR) is 65.6 cm³/mol. The van der Waals surface area contributed by atoms with Gasteiger partial charge in [0.25, 0.3) is 0 Å². The smallest absolute Gasteiger partial charge is 0.507 e. The number of aromatic hydroxyl groups is 1. The number of halogens is 3. The molecule has 2 rings (SSSR count). The molecule has 0 spiro atoms. The van der Waals surface area contributed by atoms with Gasteiger partial charge in [0.15, 0.2) is 6.29 Å². The molecule has 104 valence electrons. The number of hydrogen-bond acceptors (Lipinski definition) is 3. The first-order chi connectivity index (χ1) is 9.40. The number of rotatable bonds is 3. The van der Waals surface area contributed by atoms with Gasteiger partial charge in [-0.05, 0) is 23.8 Å². The van der Waals surface area contributed by atoms with Crippen molar-refractivity contribution in [3.05, 3.63) is 48.0 Å². The molecule has 0 unspecified atom stereocenters. The van der Waals surface area contributed by atoms with E-state index in [-0.39, 0.29) is 17.1 Å². The summed E-state index contributed by atoms with van der Waals surface area (Å²) in [6.07, 6.45) is -4.25. The third kappa shape index (κ3) is 3.09. The number of carbonyl (C=O) groups is 1. The number of aldehydes is 1. The van der Waals surface area contributed by atoms with Gasteiger partial charge in [0, 0.05) is 5.56 Å². The van der Waals surface area contributed by atoms with Gasteiger partial charge in [-0.1, -0.05) is 24.3 Å².